The monoisotopic (exact) mass is 371 g/mol. The average molecular weight is 371 g/mol. The number of aryl methyl sites for hydroxylation is 1. The Morgan fingerprint density at radius 1 is 1.23 bits per heavy atom. The van der Waals surface area contributed by atoms with Crippen LogP contribution in [-0.4, -0.2) is 33.5 Å². The van der Waals surface area contributed by atoms with Crippen molar-refractivity contribution in [3.8, 4) is 11.5 Å². The van der Waals surface area contributed by atoms with Crippen molar-refractivity contribution < 1.29 is 18.7 Å². The van der Waals surface area contributed by atoms with Gasteiger partial charge in [0.05, 0.1) is 17.2 Å². The lowest BCUT2D eigenvalue weighted by atomic mass is 10.1. The minimum atomic E-state index is -0.961. The molecule has 0 bridgehead atoms. The van der Waals surface area contributed by atoms with Crippen LogP contribution in [0, 0.1) is 6.92 Å². The number of ether oxygens (including phenoxy) is 1. The fourth-order valence-electron chi connectivity index (χ4n) is 2.45. The fourth-order valence-corrected chi connectivity index (χ4v) is 3.49. The molecule has 0 aliphatic carbocycles. The van der Waals surface area contributed by atoms with Crippen molar-refractivity contribution in [1.29, 1.82) is 0 Å². The first-order valence-corrected chi connectivity index (χ1v) is 8.86. The molecule has 0 N–H and O–H groups in total. The van der Waals surface area contributed by atoms with Crippen molar-refractivity contribution >= 4 is 23.1 Å². The van der Waals surface area contributed by atoms with E-state index in [9.17, 15) is 9.59 Å². The number of carbonyl (C=O) groups is 2. The zero-order chi connectivity index (χ0) is 18.7. The summed E-state index contributed by atoms with van der Waals surface area (Å²) < 4.78 is 10.9. The third kappa shape index (κ3) is 3.55. The van der Waals surface area contributed by atoms with E-state index in [2.05, 4.69) is 15.2 Å². The Morgan fingerprint density at radius 2 is 1.96 bits per heavy atom. The highest BCUT2D eigenvalue weighted by Crippen LogP contribution is 2.32. The summed E-state index contributed by atoms with van der Waals surface area (Å²) in [5, 5.41) is 8.44. The number of hydrogen-bond donors (Lipinski definition) is 0. The molecule has 0 fully saturated rings. The van der Waals surface area contributed by atoms with E-state index in [4.69, 9.17) is 9.15 Å². The molecule has 2 heterocycles. The first-order valence-electron chi connectivity index (χ1n) is 8.05. The Morgan fingerprint density at radius 3 is 2.58 bits per heavy atom. The molecule has 3 rings (SSSR count). The second kappa shape index (κ2) is 7.57. The molecule has 0 saturated heterocycles. The maximum absolute atomic E-state index is 12.5. The SMILES string of the molecule is CCOC(=O)C(c1nnc(-c2ccccc2)o1)c1nc(C)c(C(C)=O)s1. The zero-order valence-corrected chi connectivity index (χ0v) is 15.4. The molecule has 0 aliphatic rings. The summed E-state index contributed by atoms with van der Waals surface area (Å²) in [4.78, 5) is 29.1. The van der Waals surface area contributed by atoms with Crippen LogP contribution in [0.15, 0.2) is 34.7 Å². The molecule has 1 atom stereocenters. The van der Waals surface area contributed by atoms with Gasteiger partial charge in [0.15, 0.2) is 11.7 Å². The number of hydrogen-bond acceptors (Lipinski definition) is 8. The molecule has 1 aromatic carbocycles. The summed E-state index contributed by atoms with van der Waals surface area (Å²) in [5.74, 6) is -1.22. The Bertz CT molecular complexity index is 933. The lowest BCUT2D eigenvalue weighted by molar-refractivity contribution is -0.144. The first-order chi connectivity index (χ1) is 12.5. The quantitative estimate of drug-likeness (QED) is 0.484. The molecule has 0 radical (unpaired) electrons. The van der Waals surface area contributed by atoms with Crippen molar-refractivity contribution in [2.45, 2.75) is 26.7 Å². The highest BCUT2D eigenvalue weighted by Gasteiger charge is 2.34. The van der Waals surface area contributed by atoms with Gasteiger partial charge in [-0.15, -0.1) is 21.5 Å². The topological polar surface area (TPSA) is 95.2 Å². The van der Waals surface area contributed by atoms with Gasteiger partial charge in [0, 0.05) is 12.5 Å². The summed E-state index contributed by atoms with van der Waals surface area (Å²) in [6, 6.07) is 9.25. The first kappa shape index (κ1) is 17.9. The number of carbonyl (C=O) groups excluding carboxylic acids is 2. The van der Waals surface area contributed by atoms with E-state index < -0.39 is 11.9 Å². The van der Waals surface area contributed by atoms with E-state index in [1.54, 1.807) is 13.8 Å². The molecule has 8 heteroatoms. The van der Waals surface area contributed by atoms with Gasteiger partial charge in [-0.3, -0.25) is 9.59 Å². The molecule has 2 aromatic heterocycles. The third-order valence-electron chi connectivity index (χ3n) is 3.61. The molecule has 26 heavy (non-hydrogen) atoms. The number of esters is 1. The Kier molecular flexibility index (Phi) is 5.22. The fraction of sp³-hybridized carbons (Fsp3) is 0.278. The highest BCUT2D eigenvalue weighted by atomic mass is 32.1. The molecule has 0 spiro atoms. The molecular formula is C18H17N3O4S. The van der Waals surface area contributed by atoms with Crippen molar-refractivity contribution in [3.63, 3.8) is 0 Å². The van der Waals surface area contributed by atoms with Gasteiger partial charge in [0.1, 0.15) is 5.01 Å². The third-order valence-corrected chi connectivity index (χ3v) is 4.93. The number of ketones is 1. The van der Waals surface area contributed by atoms with E-state index >= 15 is 0 Å². The van der Waals surface area contributed by atoms with Crippen LogP contribution in [0.1, 0.15) is 46.0 Å². The van der Waals surface area contributed by atoms with Crippen molar-refractivity contribution in [2.24, 2.45) is 0 Å². The van der Waals surface area contributed by atoms with Gasteiger partial charge in [-0.1, -0.05) is 18.2 Å². The minimum absolute atomic E-state index is 0.0890. The van der Waals surface area contributed by atoms with E-state index in [0.717, 1.165) is 16.9 Å². The normalized spacial score (nSPS) is 12.0. The Hall–Kier alpha value is -2.87. The predicted molar refractivity (Wildman–Crippen MR) is 95.1 cm³/mol. The lowest BCUT2D eigenvalue weighted by Crippen LogP contribution is -2.17. The maximum atomic E-state index is 12.5. The van der Waals surface area contributed by atoms with Gasteiger partial charge in [0.2, 0.25) is 11.8 Å². The largest absolute Gasteiger partial charge is 0.465 e. The number of Topliss-reactive ketones (excluding diaryl/α,β-unsaturated/α-hetero) is 1. The van der Waals surface area contributed by atoms with Gasteiger partial charge in [-0.2, -0.15) is 0 Å². The molecule has 0 amide bonds. The van der Waals surface area contributed by atoms with Gasteiger partial charge in [-0.05, 0) is 26.0 Å². The number of aromatic nitrogens is 3. The van der Waals surface area contributed by atoms with Crippen LogP contribution in [0.2, 0.25) is 0 Å². The summed E-state index contributed by atoms with van der Waals surface area (Å²) in [5.41, 5.74) is 1.31. The van der Waals surface area contributed by atoms with Crippen LogP contribution in [0.25, 0.3) is 11.5 Å². The predicted octanol–water partition coefficient (Wildman–Crippen LogP) is 3.40. The van der Waals surface area contributed by atoms with Crippen LogP contribution < -0.4 is 0 Å². The number of nitrogens with zero attached hydrogens (tertiary/aromatic N) is 3. The van der Waals surface area contributed by atoms with Crippen molar-refractivity contribution in [3.05, 3.63) is 51.8 Å². The second-order valence-corrected chi connectivity index (χ2v) is 6.55. The molecule has 134 valence electrons. The van der Waals surface area contributed by atoms with Gasteiger partial charge in [-0.25, -0.2) is 4.98 Å². The number of thiazole rings is 1. The van der Waals surface area contributed by atoms with Crippen LogP contribution in [0.3, 0.4) is 0 Å². The van der Waals surface area contributed by atoms with Crippen LogP contribution >= 0.6 is 11.3 Å². The smallest absolute Gasteiger partial charge is 0.325 e. The minimum Gasteiger partial charge on any atom is -0.465 e. The van der Waals surface area contributed by atoms with Crippen LogP contribution in [0.5, 0.6) is 0 Å². The molecule has 7 nitrogen and oxygen atoms in total. The molecule has 0 aliphatic heterocycles. The van der Waals surface area contributed by atoms with Crippen LogP contribution in [0.4, 0.5) is 0 Å². The van der Waals surface area contributed by atoms with E-state index in [-0.39, 0.29) is 18.3 Å². The second-order valence-electron chi connectivity index (χ2n) is 5.52. The van der Waals surface area contributed by atoms with Gasteiger partial charge >= 0.3 is 5.97 Å². The summed E-state index contributed by atoms with van der Waals surface area (Å²) in [6.45, 7) is 5.11. The van der Waals surface area contributed by atoms with E-state index in [1.165, 1.54) is 6.92 Å². The maximum Gasteiger partial charge on any atom is 0.325 e. The summed E-state index contributed by atoms with van der Waals surface area (Å²) >= 11 is 1.14. The number of benzene rings is 1. The molecular weight excluding hydrogens is 354 g/mol. The van der Waals surface area contributed by atoms with Gasteiger partial charge < -0.3 is 9.15 Å². The van der Waals surface area contributed by atoms with Crippen LogP contribution in [-0.2, 0) is 9.53 Å². The highest BCUT2D eigenvalue weighted by molar-refractivity contribution is 7.14. The zero-order valence-electron chi connectivity index (χ0n) is 14.6. The molecule has 1 unspecified atom stereocenters. The van der Waals surface area contributed by atoms with Gasteiger partial charge in [0.25, 0.3) is 0 Å². The molecule has 3 aromatic rings. The van der Waals surface area contributed by atoms with E-state index in [1.807, 2.05) is 30.3 Å². The Labute approximate surface area is 154 Å². The average Bonchev–Trinajstić information content (AvgIpc) is 3.24. The van der Waals surface area contributed by atoms with Crippen molar-refractivity contribution in [1.82, 2.24) is 15.2 Å². The standard InChI is InChI=1S/C18H17N3O4S/c1-4-24-18(23)13(17-19-10(2)14(26-17)11(3)22)16-21-20-15(25-16)12-8-6-5-7-9-12/h5-9,13H,4H2,1-3H3. The number of rotatable bonds is 6. The molecule has 0 saturated carbocycles. The van der Waals surface area contributed by atoms with E-state index in [0.29, 0.717) is 21.5 Å². The lowest BCUT2D eigenvalue weighted by Gasteiger charge is -2.08. The Balaban J connectivity index is 2.02. The summed E-state index contributed by atoms with van der Waals surface area (Å²) in [6.07, 6.45) is 0. The summed E-state index contributed by atoms with van der Waals surface area (Å²) in [7, 11) is 0. The van der Waals surface area contributed by atoms with Crippen molar-refractivity contribution in [2.75, 3.05) is 6.61 Å².